The molecule has 18 heavy (non-hydrogen) atoms. The molecular weight excluding hydrogens is 299 g/mol. The van der Waals surface area contributed by atoms with Crippen LogP contribution in [0.25, 0.3) is 0 Å². The van der Waals surface area contributed by atoms with Crippen molar-refractivity contribution in [3.8, 4) is 0 Å². The highest BCUT2D eigenvalue weighted by molar-refractivity contribution is 9.10. The van der Waals surface area contributed by atoms with Crippen LogP contribution in [0.3, 0.4) is 0 Å². The van der Waals surface area contributed by atoms with Crippen LogP contribution < -0.4 is 5.32 Å². The topological polar surface area (TPSA) is 32.3 Å². The van der Waals surface area contributed by atoms with Gasteiger partial charge in [0.25, 0.3) is 0 Å². The normalized spacial score (nSPS) is 15.3. The van der Waals surface area contributed by atoms with Crippen molar-refractivity contribution < 1.29 is 9.18 Å². The van der Waals surface area contributed by atoms with Crippen molar-refractivity contribution in [1.82, 2.24) is 10.2 Å². The van der Waals surface area contributed by atoms with Crippen LogP contribution in [0, 0.1) is 5.82 Å². The third-order valence-electron chi connectivity index (χ3n) is 3.12. The highest BCUT2D eigenvalue weighted by Gasteiger charge is 2.22. The van der Waals surface area contributed by atoms with E-state index >= 15 is 0 Å². The van der Waals surface area contributed by atoms with Gasteiger partial charge in [-0.25, -0.2) is 4.39 Å². The lowest BCUT2D eigenvalue weighted by molar-refractivity contribution is -0.122. The maximum Gasteiger partial charge on any atom is 0.234 e. The number of nitrogens with zero attached hydrogens (tertiary/aromatic N) is 1. The van der Waals surface area contributed by atoms with Gasteiger partial charge in [-0.15, -0.1) is 0 Å². The first-order valence-electron chi connectivity index (χ1n) is 6.06. The standard InChI is InChI=1S/C13H16BrFN2O/c1-2-16-13(18)8-17-6-5-9-10(7-17)12(15)4-3-11(9)14/h3-4H,2,5-8H2,1H3,(H,16,18). The number of carbonyl (C=O) groups excluding carboxylic acids is 1. The Morgan fingerprint density at radius 3 is 3.00 bits per heavy atom. The third-order valence-corrected chi connectivity index (χ3v) is 3.86. The Morgan fingerprint density at radius 1 is 1.50 bits per heavy atom. The number of fused-ring (bicyclic) bond motifs is 1. The molecule has 1 aromatic rings. The van der Waals surface area contributed by atoms with Crippen molar-refractivity contribution in [2.45, 2.75) is 19.9 Å². The lowest BCUT2D eigenvalue weighted by atomic mass is 9.99. The maximum atomic E-state index is 13.8. The van der Waals surface area contributed by atoms with E-state index in [-0.39, 0.29) is 11.7 Å². The minimum atomic E-state index is -0.186. The summed E-state index contributed by atoms with van der Waals surface area (Å²) in [5.74, 6) is -0.190. The lowest BCUT2D eigenvalue weighted by Crippen LogP contribution is -2.40. The second-order valence-electron chi connectivity index (χ2n) is 4.40. The number of likely N-dealkylation sites (N-methyl/N-ethyl adjacent to an activating group) is 1. The molecule has 1 aliphatic heterocycles. The number of hydrogen-bond acceptors (Lipinski definition) is 2. The van der Waals surface area contributed by atoms with Crippen LogP contribution >= 0.6 is 15.9 Å². The van der Waals surface area contributed by atoms with Crippen molar-refractivity contribution in [2.75, 3.05) is 19.6 Å². The average molecular weight is 315 g/mol. The molecule has 0 spiro atoms. The van der Waals surface area contributed by atoms with Gasteiger partial charge >= 0.3 is 0 Å². The lowest BCUT2D eigenvalue weighted by Gasteiger charge is -2.29. The number of rotatable bonds is 3. The first kappa shape index (κ1) is 13.5. The van der Waals surface area contributed by atoms with Gasteiger partial charge in [-0.3, -0.25) is 9.69 Å². The molecule has 0 aromatic heterocycles. The molecule has 0 atom stereocenters. The van der Waals surface area contributed by atoms with E-state index in [1.807, 2.05) is 11.8 Å². The maximum absolute atomic E-state index is 13.8. The summed E-state index contributed by atoms with van der Waals surface area (Å²) in [4.78, 5) is 13.5. The van der Waals surface area contributed by atoms with Crippen LogP contribution in [0.15, 0.2) is 16.6 Å². The molecule has 1 amide bonds. The zero-order valence-electron chi connectivity index (χ0n) is 10.3. The molecule has 0 saturated carbocycles. The fourth-order valence-corrected chi connectivity index (χ4v) is 2.81. The van der Waals surface area contributed by atoms with Gasteiger partial charge in [0.15, 0.2) is 0 Å². The third kappa shape index (κ3) is 2.90. The highest BCUT2D eigenvalue weighted by Crippen LogP contribution is 2.28. The van der Waals surface area contributed by atoms with Gasteiger partial charge in [-0.2, -0.15) is 0 Å². The molecular formula is C13H16BrFN2O. The van der Waals surface area contributed by atoms with E-state index in [4.69, 9.17) is 0 Å². The Balaban J connectivity index is 2.10. The smallest absolute Gasteiger partial charge is 0.234 e. The van der Waals surface area contributed by atoms with Gasteiger partial charge in [-0.05, 0) is 31.0 Å². The molecule has 0 unspecified atom stereocenters. The summed E-state index contributed by atoms with van der Waals surface area (Å²) in [6.07, 6.45) is 0.771. The molecule has 1 aliphatic rings. The van der Waals surface area contributed by atoms with Gasteiger partial charge in [0.1, 0.15) is 5.82 Å². The number of carbonyl (C=O) groups is 1. The summed E-state index contributed by atoms with van der Waals surface area (Å²) in [6.45, 7) is 4.13. The minimum Gasteiger partial charge on any atom is -0.355 e. The largest absolute Gasteiger partial charge is 0.355 e. The first-order chi connectivity index (χ1) is 8.61. The zero-order valence-corrected chi connectivity index (χ0v) is 11.9. The van der Waals surface area contributed by atoms with E-state index in [1.165, 1.54) is 6.07 Å². The predicted octanol–water partition coefficient (Wildman–Crippen LogP) is 2.08. The first-order valence-corrected chi connectivity index (χ1v) is 6.86. The van der Waals surface area contributed by atoms with Crippen molar-refractivity contribution in [3.63, 3.8) is 0 Å². The molecule has 0 radical (unpaired) electrons. The summed E-state index contributed by atoms with van der Waals surface area (Å²) in [7, 11) is 0. The van der Waals surface area contributed by atoms with E-state index in [0.717, 1.165) is 23.0 Å². The van der Waals surface area contributed by atoms with E-state index in [9.17, 15) is 9.18 Å². The Kier molecular flexibility index (Phi) is 4.35. The molecule has 2 rings (SSSR count). The number of nitrogens with one attached hydrogen (secondary N) is 1. The molecule has 98 valence electrons. The predicted molar refractivity (Wildman–Crippen MR) is 71.8 cm³/mol. The van der Waals surface area contributed by atoms with Crippen LogP contribution in [0.1, 0.15) is 18.1 Å². The fourth-order valence-electron chi connectivity index (χ4n) is 2.24. The van der Waals surface area contributed by atoms with Crippen LogP contribution in [0.5, 0.6) is 0 Å². The van der Waals surface area contributed by atoms with E-state index < -0.39 is 0 Å². The summed E-state index contributed by atoms with van der Waals surface area (Å²) in [5.41, 5.74) is 1.74. The monoisotopic (exact) mass is 314 g/mol. The number of amides is 1. The quantitative estimate of drug-likeness (QED) is 0.926. The Bertz CT molecular complexity index is 465. The van der Waals surface area contributed by atoms with Crippen molar-refractivity contribution >= 4 is 21.8 Å². The van der Waals surface area contributed by atoms with Crippen LogP contribution in [0.4, 0.5) is 4.39 Å². The molecule has 0 fully saturated rings. The molecule has 1 aromatic carbocycles. The number of halogens is 2. The summed E-state index contributed by atoms with van der Waals surface area (Å²) >= 11 is 3.45. The zero-order chi connectivity index (χ0) is 13.1. The van der Waals surface area contributed by atoms with Crippen molar-refractivity contribution in [1.29, 1.82) is 0 Å². The second kappa shape index (κ2) is 5.80. The average Bonchev–Trinajstić information content (AvgIpc) is 2.34. The van der Waals surface area contributed by atoms with Crippen LogP contribution in [-0.2, 0) is 17.8 Å². The molecule has 0 bridgehead atoms. The Labute approximate surface area is 114 Å². The summed E-state index contributed by atoms with van der Waals surface area (Å²) in [6, 6.07) is 3.21. The number of benzene rings is 1. The van der Waals surface area contributed by atoms with Gasteiger partial charge in [-0.1, -0.05) is 15.9 Å². The molecule has 3 nitrogen and oxygen atoms in total. The Hall–Kier alpha value is -0.940. The SMILES string of the molecule is CCNC(=O)CN1CCc2c(Br)ccc(F)c2C1. The Morgan fingerprint density at radius 2 is 2.28 bits per heavy atom. The van der Waals surface area contributed by atoms with Gasteiger partial charge in [0.05, 0.1) is 6.54 Å². The van der Waals surface area contributed by atoms with Crippen molar-refractivity contribution in [3.05, 3.63) is 33.5 Å². The molecule has 0 aliphatic carbocycles. The van der Waals surface area contributed by atoms with Gasteiger partial charge in [0, 0.05) is 29.7 Å². The van der Waals surface area contributed by atoms with Crippen LogP contribution in [-0.4, -0.2) is 30.4 Å². The van der Waals surface area contributed by atoms with E-state index in [2.05, 4.69) is 21.2 Å². The van der Waals surface area contributed by atoms with Crippen molar-refractivity contribution in [2.24, 2.45) is 0 Å². The highest BCUT2D eigenvalue weighted by atomic mass is 79.9. The van der Waals surface area contributed by atoms with E-state index in [0.29, 0.717) is 25.2 Å². The molecule has 1 heterocycles. The minimum absolute atomic E-state index is 0.00338. The second-order valence-corrected chi connectivity index (χ2v) is 5.25. The van der Waals surface area contributed by atoms with Crippen LogP contribution in [0.2, 0.25) is 0 Å². The molecule has 0 saturated heterocycles. The molecule has 1 N–H and O–H groups in total. The van der Waals surface area contributed by atoms with E-state index in [1.54, 1.807) is 6.07 Å². The van der Waals surface area contributed by atoms with Gasteiger partial charge < -0.3 is 5.32 Å². The fraction of sp³-hybridized carbons (Fsp3) is 0.462. The number of hydrogen-bond donors (Lipinski definition) is 1. The summed E-state index contributed by atoms with van der Waals surface area (Å²) in [5, 5.41) is 2.76. The van der Waals surface area contributed by atoms with Gasteiger partial charge in [0.2, 0.25) is 5.91 Å². The summed E-state index contributed by atoms with van der Waals surface area (Å²) < 4.78 is 14.7. The molecule has 5 heteroatoms.